The first-order valence-electron chi connectivity index (χ1n) is 10.8. The van der Waals surface area contributed by atoms with Crippen molar-refractivity contribution in [3.63, 3.8) is 0 Å². The molecule has 1 fully saturated rings. The fourth-order valence-electron chi connectivity index (χ4n) is 4.01. The van der Waals surface area contributed by atoms with Crippen molar-refractivity contribution < 1.29 is 27.2 Å². The molecule has 0 aliphatic carbocycles. The summed E-state index contributed by atoms with van der Waals surface area (Å²) < 4.78 is 49.8. The Morgan fingerprint density at radius 2 is 1.82 bits per heavy atom. The predicted molar refractivity (Wildman–Crippen MR) is 117 cm³/mol. The molecule has 3 heterocycles. The standard InChI is InChI=1S/C24H21F3N4O3/c25-24(26,27)19-6-3-5-17(13-19)22-28-21(34-29-22)14-30-8-10-31(11-9-30)23(32)18-12-16-4-1-2-7-20(16)33-15-18/h1-7,12-13H,8-11,14-15H2. The molecule has 0 bridgehead atoms. The van der Waals surface area contributed by atoms with Crippen molar-refractivity contribution in [2.24, 2.45) is 0 Å². The second-order valence-corrected chi connectivity index (χ2v) is 8.15. The van der Waals surface area contributed by atoms with E-state index in [0.717, 1.165) is 23.4 Å². The van der Waals surface area contributed by atoms with Crippen molar-refractivity contribution in [1.29, 1.82) is 0 Å². The zero-order chi connectivity index (χ0) is 23.7. The second-order valence-electron chi connectivity index (χ2n) is 8.15. The summed E-state index contributed by atoms with van der Waals surface area (Å²) in [5, 5.41) is 3.83. The summed E-state index contributed by atoms with van der Waals surface area (Å²) >= 11 is 0. The lowest BCUT2D eigenvalue weighted by Crippen LogP contribution is -2.49. The van der Waals surface area contributed by atoms with Crippen LogP contribution in [-0.4, -0.2) is 58.6 Å². The molecule has 0 saturated carbocycles. The molecule has 0 atom stereocenters. The first-order valence-corrected chi connectivity index (χ1v) is 10.8. The SMILES string of the molecule is O=C(C1=Cc2ccccc2OC1)N1CCN(Cc2nc(-c3cccc(C(F)(F)F)c3)no2)CC1. The number of hydrogen-bond acceptors (Lipinski definition) is 6. The van der Waals surface area contributed by atoms with Crippen LogP contribution in [0.25, 0.3) is 17.5 Å². The van der Waals surface area contributed by atoms with Gasteiger partial charge in [0.15, 0.2) is 0 Å². The molecule has 34 heavy (non-hydrogen) atoms. The lowest BCUT2D eigenvalue weighted by Gasteiger charge is -2.34. The van der Waals surface area contributed by atoms with Gasteiger partial charge in [-0.3, -0.25) is 9.69 Å². The number of alkyl halides is 3. The molecule has 0 radical (unpaired) electrons. The van der Waals surface area contributed by atoms with Gasteiger partial charge in [-0.15, -0.1) is 0 Å². The largest absolute Gasteiger partial charge is 0.488 e. The van der Waals surface area contributed by atoms with Crippen LogP contribution in [0.5, 0.6) is 5.75 Å². The molecule has 2 aliphatic rings. The normalized spacial score (nSPS) is 16.6. The van der Waals surface area contributed by atoms with Gasteiger partial charge >= 0.3 is 6.18 Å². The molecule has 0 spiro atoms. The summed E-state index contributed by atoms with van der Waals surface area (Å²) in [5.41, 5.74) is 0.988. The average molecular weight is 470 g/mol. The summed E-state index contributed by atoms with van der Waals surface area (Å²) in [6.45, 7) is 2.89. The Labute approximate surface area is 193 Å². The molecule has 2 aromatic carbocycles. The lowest BCUT2D eigenvalue weighted by atomic mass is 10.1. The molecule has 0 N–H and O–H groups in total. The van der Waals surface area contributed by atoms with E-state index in [1.54, 1.807) is 4.90 Å². The van der Waals surface area contributed by atoms with Gasteiger partial charge in [0, 0.05) is 37.3 Å². The number of ether oxygens (including phenoxy) is 1. The van der Waals surface area contributed by atoms with Crippen LogP contribution < -0.4 is 4.74 Å². The van der Waals surface area contributed by atoms with E-state index in [4.69, 9.17) is 9.26 Å². The first-order chi connectivity index (χ1) is 16.4. The van der Waals surface area contributed by atoms with E-state index in [0.29, 0.717) is 44.2 Å². The highest BCUT2D eigenvalue weighted by Crippen LogP contribution is 2.31. The quantitative estimate of drug-likeness (QED) is 0.577. The summed E-state index contributed by atoms with van der Waals surface area (Å²) in [6.07, 6.45) is -2.57. The number of rotatable bonds is 4. The van der Waals surface area contributed by atoms with E-state index in [9.17, 15) is 18.0 Å². The highest BCUT2D eigenvalue weighted by Gasteiger charge is 2.31. The predicted octanol–water partition coefficient (Wildman–Crippen LogP) is 3.88. The Morgan fingerprint density at radius 1 is 1.03 bits per heavy atom. The van der Waals surface area contributed by atoms with Crippen LogP contribution in [0.3, 0.4) is 0 Å². The fraction of sp³-hybridized carbons (Fsp3) is 0.292. The molecule has 2 aliphatic heterocycles. The van der Waals surface area contributed by atoms with Gasteiger partial charge in [0.25, 0.3) is 5.91 Å². The maximum atomic E-state index is 13.0. The Balaban J connectivity index is 1.18. The Bertz CT molecular complexity index is 1230. The molecule has 3 aromatic rings. The molecule has 0 unspecified atom stereocenters. The van der Waals surface area contributed by atoms with Gasteiger partial charge in [0.1, 0.15) is 12.4 Å². The zero-order valence-electron chi connectivity index (χ0n) is 18.1. The van der Waals surface area contributed by atoms with Gasteiger partial charge < -0.3 is 14.2 Å². The molecule has 10 heteroatoms. The number of nitrogens with zero attached hydrogens (tertiary/aromatic N) is 4. The van der Waals surface area contributed by atoms with E-state index in [1.807, 2.05) is 30.3 Å². The van der Waals surface area contributed by atoms with Crippen molar-refractivity contribution in [2.75, 3.05) is 32.8 Å². The summed E-state index contributed by atoms with van der Waals surface area (Å²) in [7, 11) is 0. The fourth-order valence-corrected chi connectivity index (χ4v) is 4.01. The van der Waals surface area contributed by atoms with Gasteiger partial charge in [-0.2, -0.15) is 18.2 Å². The van der Waals surface area contributed by atoms with Gasteiger partial charge in [-0.25, -0.2) is 0 Å². The molecule has 1 saturated heterocycles. The van der Waals surface area contributed by atoms with Crippen LogP contribution in [0.1, 0.15) is 17.0 Å². The molecule has 1 aromatic heterocycles. The maximum absolute atomic E-state index is 13.0. The number of benzene rings is 2. The Morgan fingerprint density at radius 3 is 2.62 bits per heavy atom. The van der Waals surface area contributed by atoms with Crippen LogP contribution >= 0.6 is 0 Å². The van der Waals surface area contributed by atoms with E-state index in [-0.39, 0.29) is 23.9 Å². The number of piperazine rings is 1. The van der Waals surface area contributed by atoms with E-state index in [2.05, 4.69) is 15.0 Å². The topological polar surface area (TPSA) is 71.7 Å². The van der Waals surface area contributed by atoms with E-state index < -0.39 is 11.7 Å². The number of hydrogen-bond donors (Lipinski definition) is 0. The number of amides is 1. The molecule has 7 nitrogen and oxygen atoms in total. The average Bonchev–Trinajstić information content (AvgIpc) is 3.32. The van der Waals surface area contributed by atoms with E-state index in [1.165, 1.54) is 12.1 Å². The van der Waals surface area contributed by atoms with Crippen molar-refractivity contribution in [1.82, 2.24) is 19.9 Å². The molecule has 176 valence electrons. The smallest absolute Gasteiger partial charge is 0.416 e. The Kier molecular flexibility index (Phi) is 5.82. The molecular weight excluding hydrogens is 449 g/mol. The van der Waals surface area contributed by atoms with Gasteiger partial charge in [-0.1, -0.05) is 35.5 Å². The van der Waals surface area contributed by atoms with Gasteiger partial charge in [-0.05, 0) is 24.3 Å². The van der Waals surface area contributed by atoms with Crippen LogP contribution in [-0.2, 0) is 17.5 Å². The number of fused-ring (bicyclic) bond motifs is 1. The van der Waals surface area contributed by atoms with Crippen molar-refractivity contribution in [2.45, 2.75) is 12.7 Å². The minimum Gasteiger partial charge on any atom is -0.488 e. The summed E-state index contributed by atoms with van der Waals surface area (Å²) in [5.74, 6) is 1.15. The third-order valence-electron chi connectivity index (χ3n) is 5.84. The lowest BCUT2D eigenvalue weighted by molar-refractivity contribution is -0.137. The minimum absolute atomic E-state index is 0.0428. The second kappa shape index (κ2) is 8.94. The zero-order valence-corrected chi connectivity index (χ0v) is 18.1. The van der Waals surface area contributed by atoms with Crippen LogP contribution in [0, 0.1) is 0 Å². The number of halogens is 3. The number of carbonyl (C=O) groups is 1. The first kappa shape index (κ1) is 22.1. The highest BCUT2D eigenvalue weighted by atomic mass is 19.4. The van der Waals surface area contributed by atoms with Crippen LogP contribution in [0.2, 0.25) is 0 Å². The highest BCUT2D eigenvalue weighted by molar-refractivity contribution is 5.99. The Hall–Kier alpha value is -3.66. The van der Waals surface area contributed by atoms with Crippen LogP contribution in [0.4, 0.5) is 13.2 Å². The number of aromatic nitrogens is 2. The van der Waals surface area contributed by atoms with Crippen molar-refractivity contribution in [3.05, 3.63) is 71.1 Å². The molecular formula is C24H21F3N4O3. The minimum atomic E-state index is -4.44. The van der Waals surface area contributed by atoms with Gasteiger partial charge in [0.05, 0.1) is 17.7 Å². The van der Waals surface area contributed by atoms with Gasteiger partial charge in [0.2, 0.25) is 11.7 Å². The number of para-hydroxylation sites is 1. The number of carbonyl (C=O) groups excluding carboxylic acids is 1. The molecule has 5 rings (SSSR count). The third kappa shape index (κ3) is 4.67. The van der Waals surface area contributed by atoms with E-state index >= 15 is 0 Å². The van der Waals surface area contributed by atoms with Crippen LogP contribution in [0.15, 0.2) is 58.6 Å². The monoisotopic (exact) mass is 470 g/mol. The molecule has 1 amide bonds. The van der Waals surface area contributed by atoms with Crippen molar-refractivity contribution >= 4 is 12.0 Å². The third-order valence-corrected chi connectivity index (χ3v) is 5.84. The summed E-state index contributed by atoms with van der Waals surface area (Å²) in [4.78, 5) is 21.0. The summed E-state index contributed by atoms with van der Waals surface area (Å²) in [6, 6.07) is 12.4. The van der Waals surface area contributed by atoms with Crippen molar-refractivity contribution in [3.8, 4) is 17.1 Å². The maximum Gasteiger partial charge on any atom is 0.416 e.